The third-order valence-electron chi connectivity index (χ3n) is 2.83. The summed E-state index contributed by atoms with van der Waals surface area (Å²) in [6.07, 6.45) is 0.449. The van der Waals surface area contributed by atoms with Crippen molar-refractivity contribution in [2.75, 3.05) is 18.9 Å². The highest BCUT2D eigenvalue weighted by Gasteiger charge is 2.40. The van der Waals surface area contributed by atoms with Crippen molar-refractivity contribution in [2.24, 2.45) is 5.41 Å². The van der Waals surface area contributed by atoms with Crippen LogP contribution < -0.4 is 5.73 Å². The summed E-state index contributed by atoms with van der Waals surface area (Å²) in [6, 6.07) is 7.47. The summed E-state index contributed by atoms with van der Waals surface area (Å²) >= 11 is 0. The molecule has 0 unspecified atom stereocenters. The molecule has 0 aliphatic carbocycles. The van der Waals surface area contributed by atoms with E-state index < -0.39 is 0 Å². The standard InChI is InChI=1S/C12H15NO2/c1-12(7-15-8-12)11(14)6-9-3-2-4-10(13)5-9/h2-5H,6-8,13H2,1H3. The van der Waals surface area contributed by atoms with Gasteiger partial charge < -0.3 is 10.5 Å². The molecule has 0 aromatic heterocycles. The van der Waals surface area contributed by atoms with Gasteiger partial charge in [0.15, 0.2) is 0 Å². The van der Waals surface area contributed by atoms with Crippen LogP contribution in [0.5, 0.6) is 0 Å². The Hall–Kier alpha value is -1.35. The Morgan fingerprint density at radius 3 is 2.80 bits per heavy atom. The van der Waals surface area contributed by atoms with Gasteiger partial charge in [-0.25, -0.2) is 0 Å². The summed E-state index contributed by atoms with van der Waals surface area (Å²) in [5, 5.41) is 0. The van der Waals surface area contributed by atoms with Crippen molar-refractivity contribution < 1.29 is 9.53 Å². The first kappa shape index (κ1) is 10.2. The molecule has 0 spiro atoms. The van der Waals surface area contributed by atoms with Crippen LogP contribution in [0.2, 0.25) is 0 Å². The second kappa shape index (κ2) is 3.66. The number of nitrogen functional groups attached to an aromatic ring is 1. The third kappa shape index (κ3) is 2.02. The molecule has 2 rings (SSSR count). The number of carbonyl (C=O) groups excluding carboxylic acids is 1. The van der Waals surface area contributed by atoms with Crippen molar-refractivity contribution in [1.82, 2.24) is 0 Å². The van der Waals surface area contributed by atoms with Crippen LogP contribution in [0.25, 0.3) is 0 Å². The van der Waals surface area contributed by atoms with E-state index in [2.05, 4.69) is 0 Å². The fraction of sp³-hybridized carbons (Fsp3) is 0.417. The van der Waals surface area contributed by atoms with Crippen molar-refractivity contribution in [1.29, 1.82) is 0 Å². The maximum atomic E-state index is 11.9. The Labute approximate surface area is 89.2 Å². The van der Waals surface area contributed by atoms with E-state index in [9.17, 15) is 4.79 Å². The minimum atomic E-state index is -0.273. The first-order chi connectivity index (χ1) is 7.10. The normalized spacial score (nSPS) is 18.2. The van der Waals surface area contributed by atoms with E-state index in [4.69, 9.17) is 10.5 Å². The van der Waals surface area contributed by atoms with Gasteiger partial charge in [-0.3, -0.25) is 4.79 Å². The molecular weight excluding hydrogens is 190 g/mol. The highest BCUT2D eigenvalue weighted by molar-refractivity contribution is 5.87. The number of hydrogen-bond donors (Lipinski definition) is 1. The molecule has 1 saturated heterocycles. The molecule has 1 aromatic rings. The second-order valence-electron chi connectivity index (χ2n) is 4.40. The highest BCUT2D eigenvalue weighted by Crippen LogP contribution is 2.29. The summed E-state index contributed by atoms with van der Waals surface area (Å²) in [5.41, 5.74) is 7.06. The van der Waals surface area contributed by atoms with Gasteiger partial charge in [0.2, 0.25) is 0 Å². The summed E-state index contributed by atoms with van der Waals surface area (Å²) in [7, 11) is 0. The van der Waals surface area contributed by atoms with E-state index in [1.54, 1.807) is 0 Å². The summed E-state index contributed by atoms with van der Waals surface area (Å²) in [5.74, 6) is 0.236. The van der Waals surface area contributed by atoms with Crippen LogP contribution in [0.4, 0.5) is 5.69 Å². The number of benzene rings is 1. The maximum absolute atomic E-state index is 11.9. The number of anilines is 1. The molecule has 80 valence electrons. The van der Waals surface area contributed by atoms with Gasteiger partial charge in [0.25, 0.3) is 0 Å². The molecule has 1 aliphatic rings. The monoisotopic (exact) mass is 205 g/mol. The number of nitrogens with two attached hydrogens (primary N) is 1. The van der Waals surface area contributed by atoms with Gasteiger partial charge in [-0.05, 0) is 24.6 Å². The maximum Gasteiger partial charge on any atom is 0.147 e. The number of carbonyl (C=O) groups is 1. The largest absolute Gasteiger partial charge is 0.399 e. The van der Waals surface area contributed by atoms with Crippen LogP contribution >= 0.6 is 0 Å². The first-order valence-electron chi connectivity index (χ1n) is 5.06. The van der Waals surface area contributed by atoms with Gasteiger partial charge in [-0.2, -0.15) is 0 Å². The highest BCUT2D eigenvalue weighted by atomic mass is 16.5. The average molecular weight is 205 g/mol. The molecule has 1 fully saturated rings. The molecule has 1 aliphatic heterocycles. The van der Waals surface area contributed by atoms with Gasteiger partial charge >= 0.3 is 0 Å². The Kier molecular flexibility index (Phi) is 2.49. The first-order valence-corrected chi connectivity index (χ1v) is 5.06. The lowest BCUT2D eigenvalue weighted by Crippen LogP contribution is -2.47. The molecule has 0 atom stereocenters. The Balaban J connectivity index is 2.06. The fourth-order valence-electron chi connectivity index (χ4n) is 1.67. The van der Waals surface area contributed by atoms with Crippen LogP contribution in [-0.2, 0) is 16.0 Å². The molecule has 1 aromatic carbocycles. The zero-order valence-corrected chi connectivity index (χ0v) is 8.82. The molecule has 0 amide bonds. The van der Waals surface area contributed by atoms with Gasteiger partial charge in [-0.1, -0.05) is 12.1 Å². The predicted octanol–water partition coefficient (Wildman–Crippen LogP) is 1.42. The SMILES string of the molecule is CC1(C(=O)Cc2cccc(N)c2)COC1. The fourth-order valence-corrected chi connectivity index (χ4v) is 1.67. The second-order valence-corrected chi connectivity index (χ2v) is 4.40. The van der Waals surface area contributed by atoms with Crippen molar-refractivity contribution in [3.8, 4) is 0 Å². The number of Topliss-reactive ketones (excluding diaryl/α,β-unsaturated/α-hetero) is 1. The Morgan fingerprint density at radius 2 is 2.27 bits per heavy atom. The van der Waals surface area contributed by atoms with Gasteiger partial charge in [0.05, 0.1) is 18.6 Å². The van der Waals surface area contributed by atoms with Crippen molar-refractivity contribution in [3.05, 3.63) is 29.8 Å². The third-order valence-corrected chi connectivity index (χ3v) is 2.83. The molecule has 0 bridgehead atoms. The van der Waals surface area contributed by atoms with Crippen molar-refractivity contribution >= 4 is 11.5 Å². The topological polar surface area (TPSA) is 52.3 Å². The molecule has 3 heteroatoms. The number of rotatable bonds is 3. The van der Waals surface area contributed by atoms with Gasteiger partial charge in [0, 0.05) is 12.1 Å². The Morgan fingerprint density at radius 1 is 1.53 bits per heavy atom. The lowest BCUT2D eigenvalue weighted by atomic mass is 9.81. The number of ketones is 1. The van der Waals surface area contributed by atoms with Crippen molar-refractivity contribution in [3.63, 3.8) is 0 Å². The zero-order valence-electron chi connectivity index (χ0n) is 8.82. The predicted molar refractivity (Wildman–Crippen MR) is 58.5 cm³/mol. The van der Waals surface area contributed by atoms with E-state index in [-0.39, 0.29) is 11.2 Å². The van der Waals surface area contributed by atoms with Crippen LogP contribution in [0, 0.1) is 5.41 Å². The van der Waals surface area contributed by atoms with Crippen molar-refractivity contribution in [2.45, 2.75) is 13.3 Å². The van der Waals surface area contributed by atoms with E-state index in [0.717, 1.165) is 5.56 Å². The van der Waals surface area contributed by atoms with Crippen LogP contribution in [0.1, 0.15) is 12.5 Å². The Bertz CT molecular complexity index is 383. The molecular formula is C12H15NO2. The van der Waals surface area contributed by atoms with Crippen LogP contribution in [-0.4, -0.2) is 19.0 Å². The van der Waals surface area contributed by atoms with E-state index >= 15 is 0 Å². The molecule has 15 heavy (non-hydrogen) atoms. The lowest BCUT2D eigenvalue weighted by molar-refractivity contribution is -0.154. The van der Waals surface area contributed by atoms with Gasteiger partial charge in [0.1, 0.15) is 5.78 Å². The molecule has 0 radical (unpaired) electrons. The number of ether oxygens (including phenoxy) is 1. The van der Waals surface area contributed by atoms with Gasteiger partial charge in [-0.15, -0.1) is 0 Å². The molecule has 1 heterocycles. The van der Waals surface area contributed by atoms with E-state index in [1.165, 1.54) is 0 Å². The summed E-state index contributed by atoms with van der Waals surface area (Å²) < 4.78 is 5.07. The quantitative estimate of drug-likeness (QED) is 0.759. The zero-order chi connectivity index (χ0) is 10.9. The minimum absolute atomic E-state index is 0.236. The molecule has 2 N–H and O–H groups in total. The van der Waals surface area contributed by atoms with Crippen LogP contribution in [0.3, 0.4) is 0 Å². The van der Waals surface area contributed by atoms with Crippen LogP contribution in [0.15, 0.2) is 24.3 Å². The minimum Gasteiger partial charge on any atom is -0.399 e. The molecule has 0 saturated carbocycles. The van der Waals surface area contributed by atoms with E-state index in [1.807, 2.05) is 31.2 Å². The summed E-state index contributed by atoms with van der Waals surface area (Å²) in [6.45, 7) is 3.05. The lowest BCUT2D eigenvalue weighted by Gasteiger charge is -2.36. The smallest absolute Gasteiger partial charge is 0.147 e. The average Bonchev–Trinajstić information content (AvgIpc) is 2.14. The summed E-state index contributed by atoms with van der Waals surface area (Å²) in [4.78, 5) is 11.9. The molecule has 3 nitrogen and oxygen atoms in total. The van der Waals surface area contributed by atoms with E-state index in [0.29, 0.717) is 25.3 Å². The number of hydrogen-bond acceptors (Lipinski definition) is 3.